The summed E-state index contributed by atoms with van der Waals surface area (Å²) in [5.74, 6) is -0.745. The number of rotatable bonds is 15. The molecule has 4 heteroatoms. The van der Waals surface area contributed by atoms with E-state index in [1.54, 1.807) is 0 Å². The number of hydrogen-bond acceptors (Lipinski definition) is 3. The van der Waals surface area contributed by atoms with Gasteiger partial charge in [0, 0.05) is 6.42 Å². The van der Waals surface area contributed by atoms with Crippen molar-refractivity contribution < 1.29 is 20.0 Å². The lowest BCUT2D eigenvalue weighted by atomic mass is 10.1. The van der Waals surface area contributed by atoms with Crippen LogP contribution in [-0.4, -0.2) is 22.4 Å². The van der Waals surface area contributed by atoms with E-state index >= 15 is 0 Å². The third kappa shape index (κ3) is 16.7. The first-order valence-electron chi connectivity index (χ1n) is 8.86. The zero-order valence-electron chi connectivity index (χ0n) is 14.8. The lowest BCUT2D eigenvalue weighted by Gasteiger charge is -2.04. The zero-order chi connectivity index (χ0) is 17.9. The summed E-state index contributed by atoms with van der Waals surface area (Å²) in [6.07, 6.45) is 23.4. The topological polar surface area (TPSA) is 66.8 Å². The van der Waals surface area contributed by atoms with Crippen LogP contribution in [0.25, 0.3) is 0 Å². The fraction of sp³-hybridized carbons (Fsp3) is 0.550. The fourth-order valence-corrected chi connectivity index (χ4v) is 2.03. The van der Waals surface area contributed by atoms with Crippen LogP contribution < -0.4 is 0 Å². The molecule has 0 aliphatic carbocycles. The van der Waals surface area contributed by atoms with Gasteiger partial charge in [0.2, 0.25) is 0 Å². The van der Waals surface area contributed by atoms with Crippen LogP contribution >= 0.6 is 0 Å². The number of carboxylic acid groups (broad SMARTS) is 1. The van der Waals surface area contributed by atoms with Gasteiger partial charge in [-0.05, 0) is 38.5 Å². The standard InChI is InChI=1S/C20H32O4/c1-2-3-4-5-10-13-16-19(24-23)17-14-11-8-6-7-9-12-15-18-20(21)22/h7-11,13-14,17,19,23H,2-6,12,15-16,18H2,1H3,(H,21,22)/b9-7?,11-8?,13-10-,17-14+/t19-/m0/s1. The molecule has 0 heterocycles. The molecule has 136 valence electrons. The third-order valence-corrected chi connectivity index (χ3v) is 3.42. The smallest absolute Gasteiger partial charge is 0.303 e. The van der Waals surface area contributed by atoms with Gasteiger partial charge in [0.1, 0.15) is 6.10 Å². The summed E-state index contributed by atoms with van der Waals surface area (Å²) in [6, 6.07) is 0. The van der Waals surface area contributed by atoms with E-state index in [2.05, 4.69) is 17.9 Å². The Kier molecular flexibility index (Phi) is 16.5. The quantitative estimate of drug-likeness (QED) is 0.133. The zero-order valence-corrected chi connectivity index (χ0v) is 14.8. The first-order valence-corrected chi connectivity index (χ1v) is 8.86. The van der Waals surface area contributed by atoms with Crippen LogP contribution in [0.5, 0.6) is 0 Å². The van der Waals surface area contributed by atoms with E-state index in [0.717, 1.165) is 19.3 Å². The van der Waals surface area contributed by atoms with Gasteiger partial charge in [-0.15, -0.1) is 0 Å². The average Bonchev–Trinajstić information content (AvgIpc) is 2.57. The average molecular weight is 336 g/mol. The SMILES string of the molecule is CCCCC/C=C\C[C@@H](/C=C/C=CCC=CCCCC(=O)O)OO. The number of carbonyl (C=O) groups is 1. The number of unbranched alkanes of at least 4 members (excludes halogenated alkanes) is 4. The Morgan fingerprint density at radius 2 is 1.75 bits per heavy atom. The van der Waals surface area contributed by atoms with Crippen molar-refractivity contribution in [3.8, 4) is 0 Å². The summed E-state index contributed by atoms with van der Waals surface area (Å²) in [4.78, 5) is 14.8. The highest BCUT2D eigenvalue weighted by molar-refractivity contribution is 5.66. The van der Waals surface area contributed by atoms with Crippen LogP contribution in [0.15, 0.2) is 48.6 Å². The van der Waals surface area contributed by atoms with Gasteiger partial charge in [0.15, 0.2) is 0 Å². The van der Waals surface area contributed by atoms with E-state index < -0.39 is 5.97 Å². The van der Waals surface area contributed by atoms with E-state index in [1.807, 2.05) is 42.5 Å². The predicted octanol–water partition coefficient (Wildman–Crippen LogP) is 5.68. The number of hydrogen-bond donors (Lipinski definition) is 2. The van der Waals surface area contributed by atoms with E-state index in [0.29, 0.717) is 12.8 Å². The Morgan fingerprint density at radius 3 is 2.46 bits per heavy atom. The highest BCUT2D eigenvalue weighted by Gasteiger charge is 1.99. The van der Waals surface area contributed by atoms with Crippen molar-refractivity contribution in [2.45, 2.75) is 70.8 Å². The second-order valence-corrected chi connectivity index (χ2v) is 5.65. The summed E-state index contributed by atoms with van der Waals surface area (Å²) in [6.45, 7) is 2.19. The molecule has 0 unspecified atom stereocenters. The maximum Gasteiger partial charge on any atom is 0.303 e. The molecule has 1 atom stereocenters. The monoisotopic (exact) mass is 336 g/mol. The number of aliphatic carboxylic acids is 1. The molecule has 0 bridgehead atoms. The van der Waals surface area contributed by atoms with E-state index in [4.69, 9.17) is 10.4 Å². The van der Waals surface area contributed by atoms with Gasteiger partial charge >= 0.3 is 5.97 Å². The molecular formula is C20H32O4. The Balaban J connectivity index is 3.79. The molecule has 24 heavy (non-hydrogen) atoms. The van der Waals surface area contributed by atoms with Crippen molar-refractivity contribution in [3.05, 3.63) is 48.6 Å². The third-order valence-electron chi connectivity index (χ3n) is 3.42. The molecule has 0 saturated carbocycles. The highest BCUT2D eigenvalue weighted by Crippen LogP contribution is 2.04. The van der Waals surface area contributed by atoms with Gasteiger partial charge in [-0.2, -0.15) is 0 Å². The molecule has 2 N–H and O–H groups in total. The minimum Gasteiger partial charge on any atom is -0.481 e. The van der Waals surface area contributed by atoms with Gasteiger partial charge in [-0.25, -0.2) is 4.89 Å². The Bertz CT molecular complexity index is 408. The summed E-state index contributed by atoms with van der Waals surface area (Å²) in [5.41, 5.74) is 0. The van der Waals surface area contributed by atoms with Crippen LogP contribution in [0.1, 0.15) is 64.7 Å². The maximum absolute atomic E-state index is 10.3. The van der Waals surface area contributed by atoms with Gasteiger partial charge in [-0.1, -0.05) is 68.4 Å². The lowest BCUT2D eigenvalue weighted by Crippen LogP contribution is -2.04. The second-order valence-electron chi connectivity index (χ2n) is 5.65. The van der Waals surface area contributed by atoms with Crippen LogP contribution in [0.4, 0.5) is 0 Å². The van der Waals surface area contributed by atoms with Gasteiger partial charge < -0.3 is 5.11 Å². The summed E-state index contributed by atoms with van der Waals surface area (Å²) in [7, 11) is 0. The van der Waals surface area contributed by atoms with Gasteiger partial charge in [0.25, 0.3) is 0 Å². The lowest BCUT2D eigenvalue weighted by molar-refractivity contribution is -0.264. The van der Waals surface area contributed by atoms with E-state index in [9.17, 15) is 4.79 Å². The van der Waals surface area contributed by atoms with Gasteiger partial charge in [-0.3, -0.25) is 10.1 Å². The maximum atomic E-state index is 10.3. The molecule has 0 aliphatic heterocycles. The van der Waals surface area contributed by atoms with Crippen molar-refractivity contribution in [3.63, 3.8) is 0 Å². The minimum absolute atomic E-state index is 0.221. The first kappa shape index (κ1) is 22.4. The molecule has 0 aromatic carbocycles. The highest BCUT2D eigenvalue weighted by atomic mass is 17.1. The molecule has 0 aromatic heterocycles. The molecule has 4 nitrogen and oxygen atoms in total. The summed E-state index contributed by atoms with van der Waals surface area (Å²) < 4.78 is 0. The Labute approximate surface area is 146 Å². The van der Waals surface area contributed by atoms with E-state index in [1.165, 1.54) is 19.3 Å². The van der Waals surface area contributed by atoms with Crippen LogP contribution in [-0.2, 0) is 9.68 Å². The summed E-state index contributed by atoms with van der Waals surface area (Å²) in [5, 5.41) is 17.4. The molecule has 0 spiro atoms. The largest absolute Gasteiger partial charge is 0.481 e. The van der Waals surface area contributed by atoms with Crippen LogP contribution in [0, 0.1) is 0 Å². The molecule has 0 radical (unpaired) electrons. The first-order chi connectivity index (χ1) is 11.7. The van der Waals surface area contributed by atoms with Crippen molar-refractivity contribution in [1.82, 2.24) is 0 Å². The molecule has 0 aromatic rings. The van der Waals surface area contributed by atoms with Crippen molar-refractivity contribution >= 4 is 5.97 Å². The van der Waals surface area contributed by atoms with Crippen LogP contribution in [0.2, 0.25) is 0 Å². The molecule has 0 rings (SSSR count). The minimum atomic E-state index is -0.745. The predicted molar refractivity (Wildman–Crippen MR) is 98.9 cm³/mol. The van der Waals surface area contributed by atoms with Gasteiger partial charge in [0.05, 0.1) is 0 Å². The van der Waals surface area contributed by atoms with Crippen molar-refractivity contribution in [2.75, 3.05) is 0 Å². The number of allylic oxidation sites excluding steroid dienone is 6. The molecular weight excluding hydrogens is 304 g/mol. The Morgan fingerprint density at radius 1 is 1.00 bits per heavy atom. The molecule has 0 amide bonds. The number of carboxylic acids is 1. The Hall–Kier alpha value is -1.65. The van der Waals surface area contributed by atoms with Crippen LogP contribution in [0.3, 0.4) is 0 Å². The molecule has 0 saturated heterocycles. The van der Waals surface area contributed by atoms with E-state index in [-0.39, 0.29) is 12.5 Å². The van der Waals surface area contributed by atoms with Crippen molar-refractivity contribution in [2.24, 2.45) is 0 Å². The molecule has 0 aliphatic rings. The normalized spacial score (nSPS) is 13.8. The van der Waals surface area contributed by atoms with Crippen molar-refractivity contribution in [1.29, 1.82) is 0 Å². The second kappa shape index (κ2) is 17.7. The molecule has 0 fully saturated rings. The fourth-order valence-electron chi connectivity index (χ4n) is 2.03. The summed E-state index contributed by atoms with van der Waals surface area (Å²) >= 11 is 0.